The number of halogens is 1. The first-order chi connectivity index (χ1) is 8.65. The Balaban J connectivity index is 2.69. The first kappa shape index (κ1) is 12.9. The van der Waals surface area contributed by atoms with Crippen molar-refractivity contribution in [3.05, 3.63) is 58.4 Å². The van der Waals surface area contributed by atoms with Crippen molar-refractivity contribution in [1.82, 2.24) is 4.57 Å². The van der Waals surface area contributed by atoms with E-state index >= 15 is 0 Å². The van der Waals surface area contributed by atoms with Gasteiger partial charge in [-0.15, -0.1) is 11.6 Å². The largest absolute Gasteiger partial charge is 0.306 e. The summed E-state index contributed by atoms with van der Waals surface area (Å²) in [5, 5.41) is 0. The molecule has 94 valence electrons. The van der Waals surface area contributed by atoms with Crippen LogP contribution in [0.3, 0.4) is 0 Å². The van der Waals surface area contributed by atoms with E-state index in [-0.39, 0.29) is 17.5 Å². The van der Waals surface area contributed by atoms with E-state index in [9.17, 15) is 4.79 Å². The maximum Gasteiger partial charge on any atom is 0.255 e. The summed E-state index contributed by atoms with van der Waals surface area (Å²) in [6, 6.07) is 13.8. The fraction of sp³-hybridized carbons (Fsp3) is 0.267. The molecule has 2 rings (SSSR count). The van der Waals surface area contributed by atoms with Gasteiger partial charge in [-0.05, 0) is 25.5 Å². The van der Waals surface area contributed by atoms with Gasteiger partial charge in [-0.1, -0.05) is 36.4 Å². The number of rotatable bonds is 3. The zero-order chi connectivity index (χ0) is 13.1. The SMILES string of the molecule is CC(C)n1c(-c2ccccc2)ccc(CCl)c1=O. The van der Waals surface area contributed by atoms with Gasteiger partial charge in [-0.2, -0.15) is 0 Å². The van der Waals surface area contributed by atoms with Crippen LogP contribution in [0, 0.1) is 0 Å². The highest BCUT2D eigenvalue weighted by atomic mass is 35.5. The van der Waals surface area contributed by atoms with Crippen LogP contribution in [0.5, 0.6) is 0 Å². The lowest BCUT2D eigenvalue weighted by Crippen LogP contribution is -2.26. The molecule has 0 aliphatic heterocycles. The van der Waals surface area contributed by atoms with E-state index in [4.69, 9.17) is 11.6 Å². The predicted octanol–water partition coefficient (Wildman–Crippen LogP) is 3.84. The van der Waals surface area contributed by atoms with Gasteiger partial charge in [0.1, 0.15) is 0 Å². The van der Waals surface area contributed by atoms with Crippen LogP contribution in [-0.2, 0) is 5.88 Å². The van der Waals surface area contributed by atoms with Crippen LogP contribution in [0.15, 0.2) is 47.3 Å². The van der Waals surface area contributed by atoms with Gasteiger partial charge in [0, 0.05) is 11.6 Å². The Morgan fingerprint density at radius 2 is 1.78 bits per heavy atom. The van der Waals surface area contributed by atoms with Gasteiger partial charge in [0.05, 0.1) is 11.6 Å². The molecule has 0 atom stereocenters. The van der Waals surface area contributed by atoms with Crippen molar-refractivity contribution in [1.29, 1.82) is 0 Å². The summed E-state index contributed by atoms with van der Waals surface area (Å²) in [6.07, 6.45) is 0. The first-order valence-corrected chi connectivity index (χ1v) is 6.54. The molecule has 18 heavy (non-hydrogen) atoms. The van der Waals surface area contributed by atoms with Gasteiger partial charge in [0.25, 0.3) is 5.56 Å². The van der Waals surface area contributed by atoms with Gasteiger partial charge in [-0.3, -0.25) is 4.79 Å². The maximum atomic E-state index is 12.3. The van der Waals surface area contributed by atoms with Gasteiger partial charge in [0.15, 0.2) is 0 Å². The van der Waals surface area contributed by atoms with E-state index in [0.29, 0.717) is 5.56 Å². The molecule has 0 amide bonds. The smallest absolute Gasteiger partial charge is 0.255 e. The minimum atomic E-state index is 0.00125. The van der Waals surface area contributed by atoms with Gasteiger partial charge in [-0.25, -0.2) is 0 Å². The first-order valence-electron chi connectivity index (χ1n) is 6.01. The normalized spacial score (nSPS) is 10.9. The topological polar surface area (TPSA) is 22.0 Å². The molecule has 3 heteroatoms. The lowest BCUT2D eigenvalue weighted by atomic mass is 10.1. The molecule has 0 bridgehead atoms. The summed E-state index contributed by atoms with van der Waals surface area (Å²) >= 11 is 5.79. The number of benzene rings is 1. The van der Waals surface area contributed by atoms with Crippen LogP contribution in [0.4, 0.5) is 0 Å². The molecule has 0 saturated heterocycles. The van der Waals surface area contributed by atoms with E-state index in [1.807, 2.05) is 56.3 Å². The molecule has 0 saturated carbocycles. The Hall–Kier alpha value is -1.54. The fourth-order valence-corrected chi connectivity index (χ4v) is 2.26. The lowest BCUT2D eigenvalue weighted by molar-refractivity contribution is 0.582. The van der Waals surface area contributed by atoms with Crippen molar-refractivity contribution in [2.45, 2.75) is 25.8 Å². The quantitative estimate of drug-likeness (QED) is 0.770. The summed E-state index contributed by atoms with van der Waals surface area (Å²) in [7, 11) is 0. The third-order valence-corrected chi connectivity index (χ3v) is 3.21. The van der Waals surface area contributed by atoms with E-state index in [2.05, 4.69) is 0 Å². The number of pyridine rings is 1. The van der Waals surface area contributed by atoms with Crippen LogP contribution in [0.1, 0.15) is 25.5 Å². The van der Waals surface area contributed by atoms with Crippen LogP contribution >= 0.6 is 11.6 Å². The van der Waals surface area contributed by atoms with Gasteiger partial charge in [0.2, 0.25) is 0 Å². The summed E-state index contributed by atoms with van der Waals surface area (Å²) in [6.45, 7) is 4.01. The molecule has 0 aliphatic rings. The third kappa shape index (κ3) is 2.34. The Morgan fingerprint density at radius 1 is 1.11 bits per heavy atom. The molecule has 2 aromatic rings. The Morgan fingerprint density at radius 3 is 2.33 bits per heavy atom. The van der Waals surface area contributed by atoms with E-state index in [0.717, 1.165) is 11.3 Å². The van der Waals surface area contributed by atoms with Crippen LogP contribution in [0.2, 0.25) is 0 Å². The summed E-state index contributed by atoms with van der Waals surface area (Å²) in [5.41, 5.74) is 2.63. The fourth-order valence-electron chi connectivity index (χ4n) is 2.05. The molecule has 0 spiro atoms. The number of hydrogen-bond donors (Lipinski definition) is 0. The highest BCUT2D eigenvalue weighted by Gasteiger charge is 2.12. The second-order valence-electron chi connectivity index (χ2n) is 4.51. The maximum absolute atomic E-state index is 12.3. The predicted molar refractivity (Wildman–Crippen MR) is 76.1 cm³/mol. The molecule has 0 fully saturated rings. The van der Waals surface area contributed by atoms with Crippen molar-refractivity contribution in [3.63, 3.8) is 0 Å². The van der Waals surface area contributed by atoms with Crippen molar-refractivity contribution in [2.75, 3.05) is 0 Å². The average molecular weight is 262 g/mol. The average Bonchev–Trinajstić information content (AvgIpc) is 2.39. The molecule has 0 unspecified atom stereocenters. The van der Waals surface area contributed by atoms with Crippen LogP contribution in [0.25, 0.3) is 11.3 Å². The molecule has 0 N–H and O–H groups in total. The molecule has 0 radical (unpaired) electrons. The minimum Gasteiger partial charge on any atom is -0.306 e. The Bertz CT molecular complexity index is 587. The Kier molecular flexibility index (Phi) is 3.87. The zero-order valence-corrected chi connectivity index (χ0v) is 11.3. The summed E-state index contributed by atoms with van der Waals surface area (Å²) in [5.74, 6) is 0.251. The second-order valence-corrected chi connectivity index (χ2v) is 4.78. The second kappa shape index (κ2) is 5.40. The van der Waals surface area contributed by atoms with Crippen LogP contribution < -0.4 is 5.56 Å². The van der Waals surface area contributed by atoms with E-state index in [1.54, 1.807) is 4.57 Å². The summed E-state index contributed by atoms with van der Waals surface area (Å²) < 4.78 is 1.80. The number of alkyl halides is 1. The zero-order valence-electron chi connectivity index (χ0n) is 10.6. The minimum absolute atomic E-state index is 0.00125. The number of hydrogen-bond acceptors (Lipinski definition) is 1. The van der Waals surface area contributed by atoms with Crippen molar-refractivity contribution >= 4 is 11.6 Å². The Labute approximate surface area is 112 Å². The van der Waals surface area contributed by atoms with Crippen molar-refractivity contribution < 1.29 is 0 Å². The van der Waals surface area contributed by atoms with Gasteiger partial charge < -0.3 is 4.57 Å². The van der Waals surface area contributed by atoms with Crippen LogP contribution in [-0.4, -0.2) is 4.57 Å². The highest BCUT2D eigenvalue weighted by Crippen LogP contribution is 2.21. The third-order valence-electron chi connectivity index (χ3n) is 2.93. The number of nitrogens with zero attached hydrogens (tertiary/aromatic N) is 1. The van der Waals surface area contributed by atoms with Gasteiger partial charge >= 0.3 is 0 Å². The van der Waals surface area contributed by atoms with E-state index < -0.39 is 0 Å². The summed E-state index contributed by atoms with van der Waals surface area (Å²) in [4.78, 5) is 12.3. The van der Waals surface area contributed by atoms with E-state index in [1.165, 1.54) is 0 Å². The lowest BCUT2D eigenvalue weighted by Gasteiger charge is -2.17. The molecule has 0 aliphatic carbocycles. The molecule has 2 nitrogen and oxygen atoms in total. The molecule has 1 aromatic heterocycles. The molecular formula is C15H16ClNO. The molecular weight excluding hydrogens is 246 g/mol. The monoisotopic (exact) mass is 261 g/mol. The number of aromatic nitrogens is 1. The highest BCUT2D eigenvalue weighted by molar-refractivity contribution is 6.17. The van der Waals surface area contributed by atoms with Crippen molar-refractivity contribution in [3.8, 4) is 11.3 Å². The standard InChI is InChI=1S/C15H16ClNO/c1-11(2)17-14(12-6-4-3-5-7-12)9-8-13(10-16)15(17)18/h3-9,11H,10H2,1-2H3. The molecule has 1 heterocycles. The molecule has 1 aromatic carbocycles. The van der Waals surface area contributed by atoms with Crippen molar-refractivity contribution in [2.24, 2.45) is 0 Å².